The minimum atomic E-state index is 0.368. The van der Waals surface area contributed by atoms with E-state index in [0.29, 0.717) is 6.42 Å². The van der Waals surface area contributed by atoms with Crippen molar-refractivity contribution in [1.29, 1.82) is 5.26 Å². The highest BCUT2D eigenvalue weighted by molar-refractivity contribution is 9.10. The molecule has 2 rings (SSSR count). The number of hydrogen-bond acceptors (Lipinski definition) is 2. The van der Waals surface area contributed by atoms with Gasteiger partial charge in [-0.15, -0.1) is 0 Å². The third-order valence-electron chi connectivity index (χ3n) is 2.29. The number of aromatic nitrogens is 1. The van der Waals surface area contributed by atoms with E-state index in [2.05, 4.69) is 27.0 Å². The molecule has 0 aliphatic heterocycles. The molecule has 0 aliphatic carbocycles. The molecule has 0 bridgehead atoms. The summed E-state index contributed by atoms with van der Waals surface area (Å²) in [4.78, 5) is 4.42. The second-order valence-electron chi connectivity index (χ2n) is 3.43. The lowest BCUT2D eigenvalue weighted by Crippen LogP contribution is -1.91. The number of pyridine rings is 1. The van der Waals surface area contributed by atoms with Crippen LogP contribution in [0.2, 0.25) is 0 Å². The minimum absolute atomic E-state index is 0.368. The average molecular weight is 261 g/mol. The highest BCUT2D eigenvalue weighted by Gasteiger charge is 2.02. The lowest BCUT2D eigenvalue weighted by Gasteiger charge is -2.04. The van der Waals surface area contributed by atoms with E-state index in [-0.39, 0.29) is 0 Å². The molecule has 74 valence electrons. The molecule has 0 amide bonds. The van der Waals surface area contributed by atoms with Crippen molar-refractivity contribution in [2.75, 3.05) is 0 Å². The predicted octanol–water partition coefficient (Wildman–Crippen LogP) is 3.37. The van der Waals surface area contributed by atoms with Gasteiger partial charge in [-0.05, 0) is 36.8 Å². The van der Waals surface area contributed by atoms with Crippen molar-refractivity contribution >= 4 is 26.8 Å². The van der Waals surface area contributed by atoms with Crippen molar-refractivity contribution in [3.8, 4) is 6.07 Å². The zero-order chi connectivity index (χ0) is 10.8. The van der Waals surface area contributed by atoms with Crippen LogP contribution in [0.15, 0.2) is 28.7 Å². The van der Waals surface area contributed by atoms with E-state index in [1.165, 1.54) is 0 Å². The fraction of sp³-hybridized carbons (Fsp3) is 0.167. The van der Waals surface area contributed by atoms with Gasteiger partial charge in [-0.2, -0.15) is 5.26 Å². The average Bonchev–Trinajstić information content (AvgIpc) is 2.20. The summed E-state index contributed by atoms with van der Waals surface area (Å²) in [5, 5.41) is 9.76. The van der Waals surface area contributed by atoms with Crippen molar-refractivity contribution in [1.82, 2.24) is 4.98 Å². The third-order valence-corrected chi connectivity index (χ3v) is 2.78. The Hall–Kier alpha value is -1.40. The molecule has 0 atom stereocenters. The zero-order valence-electron chi connectivity index (χ0n) is 8.29. The molecule has 15 heavy (non-hydrogen) atoms. The van der Waals surface area contributed by atoms with E-state index < -0.39 is 0 Å². The van der Waals surface area contributed by atoms with Crippen LogP contribution in [-0.2, 0) is 6.42 Å². The number of benzene rings is 1. The number of nitriles is 1. The van der Waals surface area contributed by atoms with Gasteiger partial charge in [0.1, 0.15) is 0 Å². The highest BCUT2D eigenvalue weighted by atomic mass is 79.9. The first-order valence-corrected chi connectivity index (χ1v) is 5.43. The quantitative estimate of drug-likeness (QED) is 0.789. The van der Waals surface area contributed by atoms with Crippen LogP contribution < -0.4 is 0 Å². The van der Waals surface area contributed by atoms with Gasteiger partial charge in [-0.1, -0.05) is 15.9 Å². The summed E-state index contributed by atoms with van der Waals surface area (Å²) in [6, 6.07) is 10.1. The summed E-state index contributed by atoms with van der Waals surface area (Å²) in [6.45, 7) is 2.04. The summed E-state index contributed by atoms with van der Waals surface area (Å²) >= 11 is 3.44. The summed E-state index contributed by atoms with van der Waals surface area (Å²) in [5.74, 6) is 0. The van der Waals surface area contributed by atoms with Crippen molar-refractivity contribution in [3.05, 3.63) is 40.0 Å². The van der Waals surface area contributed by atoms with Crippen LogP contribution in [0, 0.1) is 18.3 Å². The first kappa shape index (κ1) is 10.1. The largest absolute Gasteiger partial charge is 0.252 e. The van der Waals surface area contributed by atoms with Gasteiger partial charge < -0.3 is 0 Å². The molecule has 0 fully saturated rings. The number of aryl methyl sites for hydroxylation is 1. The fourth-order valence-electron chi connectivity index (χ4n) is 1.61. The molecule has 2 aromatic rings. The van der Waals surface area contributed by atoms with Crippen LogP contribution in [0.4, 0.5) is 0 Å². The number of fused-ring (bicyclic) bond motifs is 1. The van der Waals surface area contributed by atoms with Crippen LogP contribution in [0.5, 0.6) is 0 Å². The Balaban J connectivity index is 2.68. The van der Waals surface area contributed by atoms with Crippen molar-refractivity contribution in [3.63, 3.8) is 0 Å². The van der Waals surface area contributed by atoms with E-state index in [1.807, 2.05) is 31.2 Å². The van der Waals surface area contributed by atoms with E-state index in [9.17, 15) is 0 Å². The molecule has 1 aromatic heterocycles. The van der Waals surface area contributed by atoms with E-state index in [0.717, 1.165) is 26.6 Å². The number of nitrogens with zero attached hydrogens (tertiary/aromatic N) is 2. The standard InChI is InChI=1S/C12H9BrN2/c1-8-6-10(4-5-14)15-12-3-2-9(13)7-11(8)12/h2-3,6-7H,4H2,1H3. The van der Waals surface area contributed by atoms with E-state index in [1.54, 1.807) is 0 Å². The van der Waals surface area contributed by atoms with Crippen LogP contribution in [0.25, 0.3) is 10.9 Å². The van der Waals surface area contributed by atoms with Crippen molar-refractivity contribution in [2.45, 2.75) is 13.3 Å². The zero-order valence-corrected chi connectivity index (χ0v) is 9.87. The van der Waals surface area contributed by atoms with E-state index >= 15 is 0 Å². The fourth-order valence-corrected chi connectivity index (χ4v) is 1.97. The Kier molecular flexibility index (Phi) is 2.70. The summed E-state index contributed by atoms with van der Waals surface area (Å²) in [7, 11) is 0. The summed E-state index contributed by atoms with van der Waals surface area (Å²) < 4.78 is 1.05. The second kappa shape index (κ2) is 4.00. The Morgan fingerprint density at radius 3 is 2.93 bits per heavy atom. The first-order valence-electron chi connectivity index (χ1n) is 4.63. The number of hydrogen-bond donors (Lipinski definition) is 0. The predicted molar refractivity (Wildman–Crippen MR) is 63.5 cm³/mol. The first-order chi connectivity index (χ1) is 7.20. The Labute approximate surface area is 96.7 Å². The lowest BCUT2D eigenvalue weighted by molar-refractivity contribution is 1.14. The van der Waals surface area contributed by atoms with Gasteiger partial charge >= 0.3 is 0 Å². The molecule has 0 saturated carbocycles. The molecular weight excluding hydrogens is 252 g/mol. The maximum atomic E-state index is 8.63. The van der Waals surface area contributed by atoms with Crippen LogP contribution in [-0.4, -0.2) is 4.98 Å². The van der Waals surface area contributed by atoms with Gasteiger partial charge in [-0.25, -0.2) is 0 Å². The normalized spacial score (nSPS) is 10.2. The van der Waals surface area contributed by atoms with Gasteiger partial charge in [0.25, 0.3) is 0 Å². The Morgan fingerprint density at radius 1 is 1.40 bits per heavy atom. The van der Waals surface area contributed by atoms with Crippen molar-refractivity contribution in [2.24, 2.45) is 0 Å². The smallest absolute Gasteiger partial charge is 0.0775 e. The lowest BCUT2D eigenvalue weighted by atomic mass is 10.1. The SMILES string of the molecule is Cc1cc(CC#N)nc2ccc(Br)cc12. The molecule has 3 heteroatoms. The van der Waals surface area contributed by atoms with Gasteiger partial charge in [0, 0.05) is 9.86 Å². The van der Waals surface area contributed by atoms with Gasteiger partial charge in [0.15, 0.2) is 0 Å². The molecule has 0 saturated heterocycles. The molecule has 2 nitrogen and oxygen atoms in total. The molecule has 0 unspecified atom stereocenters. The van der Waals surface area contributed by atoms with Gasteiger partial charge in [0.2, 0.25) is 0 Å². The minimum Gasteiger partial charge on any atom is -0.252 e. The molecule has 1 aromatic carbocycles. The molecular formula is C12H9BrN2. The number of halogens is 1. The molecule has 0 radical (unpaired) electrons. The van der Waals surface area contributed by atoms with Crippen LogP contribution in [0.3, 0.4) is 0 Å². The van der Waals surface area contributed by atoms with Gasteiger partial charge in [0.05, 0.1) is 23.7 Å². The molecule has 0 spiro atoms. The third kappa shape index (κ3) is 2.00. The monoisotopic (exact) mass is 260 g/mol. The molecule has 1 heterocycles. The van der Waals surface area contributed by atoms with Crippen molar-refractivity contribution < 1.29 is 0 Å². The molecule has 0 aliphatic rings. The maximum Gasteiger partial charge on any atom is 0.0775 e. The van der Waals surface area contributed by atoms with Crippen LogP contribution >= 0.6 is 15.9 Å². The Bertz CT molecular complexity index is 555. The molecule has 0 N–H and O–H groups in total. The topological polar surface area (TPSA) is 36.7 Å². The summed E-state index contributed by atoms with van der Waals surface area (Å²) in [5.41, 5.74) is 2.94. The summed E-state index contributed by atoms with van der Waals surface area (Å²) in [6.07, 6.45) is 0.368. The number of rotatable bonds is 1. The van der Waals surface area contributed by atoms with Gasteiger partial charge in [-0.3, -0.25) is 4.98 Å². The second-order valence-corrected chi connectivity index (χ2v) is 4.34. The van der Waals surface area contributed by atoms with Crippen LogP contribution in [0.1, 0.15) is 11.3 Å². The highest BCUT2D eigenvalue weighted by Crippen LogP contribution is 2.22. The van der Waals surface area contributed by atoms with E-state index in [4.69, 9.17) is 5.26 Å². The Morgan fingerprint density at radius 2 is 2.20 bits per heavy atom. The maximum absolute atomic E-state index is 8.63.